The van der Waals surface area contributed by atoms with Crippen LogP contribution in [-0.4, -0.2) is 63.7 Å². The molecule has 26 heavy (non-hydrogen) atoms. The number of carboxylic acids is 1. The minimum atomic E-state index is -4.43. The van der Waals surface area contributed by atoms with Gasteiger partial charge in [0.2, 0.25) is 11.7 Å². The number of hydrogen-bond donors (Lipinski definition) is 1. The second-order valence-corrected chi connectivity index (χ2v) is 6.04. The first-order valence-corrected chi connectivity index (χ1v) is 7.98. The number of hydrogen-bond acceptors (Lipinski definition) is 6. The van der Waals surface area contributed by atoms with E-state index in [1.54, 1.807) is 0 Å². The van der Waals surface area contributed by atoms with Crippen LogP contribution in [0.4, 0.5) is 13.2 Å². The molecule has 0 bridgehead atoms. The molecule has 7 nitrogen and oxygen atoms in total. The van der Waals surface area contributed by atoms with Gasteiger partial charge in [0.25, 0.3) is 0 Å². The molecule has 2 aromatic rings. The van der Waals surface area contributed by atoms with Crippen molar-refractivity contribution in [3.63, 3.8) is 0 Å². The normalized spacial score (nSPS) is 16.7. The fraction of sp³-hybridized carbons (Fsp3) is 0.438. The van der Waals surface area contributed by atoms with E-state index in [1.165, 1.54) is 12.1 Å². The highest BCUT2D eigenvalue weighted by Gasteiger charge is 2.31. The first-order valence-electron chi connectivity index (χ1n) is 7.98. The number of carboxylic acid groups (broad SMARTS) is 1. The number of halogens is 3. The third kappa shape index (κ3) is 4.58. The molecule has 0 saturated carbocycles. The van der Waals surface area contributed by atoms with Crippen molar-refractivity contribution >= 4 is 5.97 Å². The van der Waals surface area contributed by atoms with Gasteiger partial charge in [0.05, 0.1) is 18.7 Å². The number of carbonyl (C=O) groups is 1. The minimum absolute atomic E-state index is 0.00803. The number of rotatable bonds is 5. The van der Waals surface area contributed by atoms with Crippen LogP contribution in [0.2, 0.25) is 0 Å². The summed E-state index contributed by atoms with van der Waals surface area (Å²) in [4.78, 5) is 18.7. The second-order valence-electron chi connectivity index (χ2n) is 6.04. The summed E-state index contributed by atoms with van der Waals surface area (Å²) in [5, 5.41) is 12.5. The van der Waals surface area contributed by atoms with Crippen LogP contribution in [0.25, 0.3) is 11.4 Å². The van der Waals surface area contributed by atoms with Gasteiger partial charge in [0.15, 0.2) is 0 Å². The summed E-state index contributed by atoms with van der Waals surface area (Å²) in [6.45, 7) is 2.89. The van der Waals surface area contributed by atoms with Crippen molar-refractivity contribution in [1.29, 1.82) is 0 Å². The highest BCUT2D eigenvalue weighted by atomic mass is 19.4. The lowest BCUT2D eigenvalue weighted by atomic mass is 10.1. The van der Waals surface area contributed by atoms with Gasteiger partial charge in [-0.1, -0.05) is 17.3 Å². The monoisotopic (exact) mass is 370 g/mol. The number of nitrogens with zero attached hydrogens (tertiary/aromatic N) is 4. The quantitative estimate of drug-likeness (QED) is 0.861. The van der Waals surface area contributed by atoms with Gasteiger partial charge in [-0.05, 0) is 12.1 Å². The van der Waals surface area contributed by atoms with Crippen molar-refractivity contribution in [2.75, 3.05) is 32.7 Å². The molecule has 0 aliphatic carbocycles. The molecule has 1 saturated heterocycles. The Labute approximate surface area is 147 Å². The van der Waals surface area contributed by atoms with Crippen LogP contribution in [0.15, 0.2) is 28.8 Å². The fourth-order valence-corrected chi connectivity index (χ4v) is 2.76. The van der Waals surface area contributed by atoms with Crippen LogP contribution in [0.1, 0.15) is 11.5 Å². The number of aromatic nitrogens is 2. The summed E-state index contributed by atoms with van der Waals surface area (Å²) in [5.74, 6) is -0.444. The molecule has 140 valence electrons. The summed E-state index contributed by atoms with van der Waals surface area (Å²) in [6, 6.07) is 4.77. The number of benzene rings is 1. The van der Waals surface area contributed by atoms with Crippen molar-refractivity contribution in [3.05, 3.63) is 35.7 Å². The lowest BCUT2D eigenvalue weighted by Crippen LogP contribution is -2.47. The molecular weight excluding hydrogens is 353 g/mol. The number of aliphatic carboxylic acids is 1. The van der Waals surface area contributed by atoms with Crippen molar-refractivity contribution in [2.45, 2.75) is 12.7 Å². The Hall–Kier alpha value is -2.46. The zero-order valence-electron chi connectivity index (χ0n) is 13.7. The van der Waals surface area contributed by atoms with Crippen LogP contribution < -0.4 is 0 Å². The van der Waals surface area contributed by atoms with Gasteiger partial charge in [-0.15, -0.1) is 0 Å². The Morgan fingerprint density at radius 1 is 1.19 bits per heavy atom. The maximum Gasteiger partial charge on any atom is 0.416 e. The number of piperazine rings is 1. The third-order valence-corrected chi connectivity index (χ3v) is 4.10. The van der Waals surface area contributed by atoms with Crippen LogP contribution in [0.5, 0.6) is 0 Å². The zero-order valence-corrected chi connectivity index (χ0v) is 13.7. The van der Waals surface area contributed by atoms with Gasteiger partial charge in [-0.2, -0.15) is 18.2 Å². The molecule has 0 atom stereocenters. The second kappa shape index (κ2) is 7.42. The maximum absolute atomic E-state index is 12.8. The van der Waals surface area contributed by atoms with Crippen LogP contribution in [0, 0.1) is 0 Å². The maximum atomic E-state index is 12.8. The number of alkyl halides is 3. The van der Waals surface area contributed by atoms with Crippen LogP contribution in [-0.2, 0) is 17.5 Å². The molecule has 1 aliphatic heterocycles. The topological polar surface area (TPSA) is 82.7 Å². The Morgan fingerprint density at radius 2 is 1.88 bits per heavy atom. The molecule has 10 heteroatoms. The lowest BCUT2D eigenvalue weighted by Gasteiger charge is -2.32. The average Bonchev–Trinajstić information content (AvgIpc) is 3.04. The molecule has 1 aromatic carbocycles. The van der Waals surface area contributed by atoms with Crippen molar-refractivity contribution in [1.82, 2.24) is 19.9 Å². The van der Waals surface area contributed by atoms with E-state index in [0.29, 0.717) is 38.6 Å². The summed E-state index contributed by atoms with van der Waals surface area (Å²) in [7, 11) is 0. The molecule has 2 heterocycles. The fourth-order valence-electron chi connectivity index (χ4n) is 2.76. The molecule has 1 aromatic heterocycles. The van der Waals surface area contributed by atoms with E-state index in [0.717, 1.165) is 12.1 Å². The molecule has 0 spiro atoms. The lowest BCUT2D eigenvalue weighted by molar-refractivity contribution is -0.139. The van der Waals surface area contributed by atoms with E-state index in [2.05, 4.69) is 10.1 Å². The van der Waals surface area contributed by atoms with Crippen LogP contribution >= 0.6 is 0 Å². The predicted octanol–water partition coefficient (Wildman–Crippen LogP) is 1.96. The molecule has 1 aliphatic rings. The van der Waals surface area contributed by atoms with Gasteiger partial charge in [0, 0.05) is 31.7 Å². The summed E-state index contributed by atoms with van der Waals surface area (Å²) < 4.78 is 43.5. The van der Waals surface area contributed by atoms with E-state index >= 15 is 0 Å². The standard InChI is InChI=1S/C16H17F3N4O3/c17-16(18,19)12-3-1-2-11(8-12)15-20-13(26-21-15)9-22-4-6-23(7-5-22)10-14(24)25/h1-3,8H,4-7,9-10H2,(H,24,25). The zero-order chi connectivity index (χ0) is 18.7. The van der Waals surface area contributed by atoms with E-state index in [-0.39, 0.29) is 17.9 Å². The first-order chi connectivity index (χ1) is 12.3. The van der Waals surface area contributed by atoms with Crippen molar-refractivity contribution in [3.8, 4) is 11.4 Å². The predicted molar refractivity (Wildman–Crippen MR) is 84.1 cm³/mol. The van der Waals surface area contributed by atoms with E-state index in [9.17, 15) is 18.0 Å². The third-order valence-electron chi connectivity index (χ3n) is 4.10. The Bertz CT molecular complexity index is 770. The SMILES string of the molecule is O=C(O)CN1CCN(Cc2nc(-c3cccc(C(F)(F)F)c3)no2)CC1. The molecule has 0 amide bonds. The first kappa shape index (κ1) is 18.3. The van der Waals surface area contributed by atoms with Crippen molar-refractivity contribution < 1.29 is 27.6 Å². The highest BCUT2D eigenvalue weighted by Crippen LogP contribution is 2.31. The van der Waals surface area contributed by atoms with Gasteiger partial charge in [0.1, 0.15) is 0 Å². The van der Waals surface area contributed by atoms with Crippen molar-refractivity contribution in [2.24, 2.45) is 0 Å². The van der Waals surface area contributed by atoms with Gasteiger partial charge in [-0.25, -0.2) is 0 Å². The van der Waals surface area contributed by atoms with Gasteiger partial charge < -0.3 is 9.63 Å². The van der Waals surface area contributed by atoms with E-state index < -0.39 is 17.7 Å². The largest absolute Gasteiger partial charge is 0.480 e. The molecule has 0 radical (unpaired) electrons. The van der Waals surface area contributed by atoms with E-state index in [4.69, 9.17) is 9.63 Å². The van der Waals surface area contributed by atoms with E-state index in [1.807, 2.05) is 9.80 Å². The highest BCUT2D eigenvalue weighted by molar-refractivity contribution is 5.69. The smallest absolute Gasteiger partial charge is 0.416 e. The summed E-state index contributed by atoms with van der Waals surface area (Å²) in [5.41, 5.74) is -0.531. The summed E-state index contributed by atoms with van der Waals surface area (Å²) in [6.07, 6.45) is -4.43. The molecule has 1 fully saturated rings. The molecule has 0 unspecified atom stereocenters. The molecule has 3 rings (SSSR count). The summed E-state index contributed by atoms with van der Waals surface area (Å²) >= 11 is 0. The Kier molecular flexibility index (Phi) is 5.23. The Balaban J connectivity index is 1.62. The van der Waals surface area contributed by atoms with Gasteiger partial charge >= 0.3 is 12.1 Å². The van der Waals surface area contributed by atoms with Gasteiger partial charge in [-0.3, -0.25) is 14.6 Å². The molecular formula is C16H17F3N4O3. The van der Waals surface area contributed by atoms with Crippen LogP contribution in [0.3, 0.4) is 0 Å². The Morgan fingerprint density at radius 3 is 2.54 bits per heavy atom. The average molecular weight is 370 g/mol. The minimum Gasteiger partial charge on any atom is -0.480 e. The molecule has 1 N–H and O–H groups in total.